The first-order chi connectivity index (χ1) is 14.1. The highest BCUT2D eigenvalue weighted by atomic mass is 16.5. The van der Waals surface area contributed by atoms with Gasteiger partial charge in [-0.3, -0.25) is 9.59 Å². The molecule has 1 aromatic heterocycles. The first-order valence-corrected chi connectivity index (χ1v) is 10.3. The van der Waals surface area contributed by atoms with Gasteiger partial charge in [0.15, 0.2) is 6.04 Å². The van der Waals surface area contributed by atoms with E-state index in [2.05, 4.69) is 5.32 Å². The number of nitrogens with zero attached hydrogens (tertiary/aromatic N) is 2. The molecule has 0 aliphatic carbocycles. The second-order valence-electron chi connectivity index (χ2n) is 8.70. The molecule has 6 nitrogen and oxygen atoms in total. The Kier molecular flexibility index (Phi) is 6.06. The van der Waals surface area contributed by atoms with Crippen LogP contribution in [0.1, 0.15) is 57.0 Å². The van der Waals surface area contributed by atoms with Gasteiger partial charge in [-0.15, -0.1) is 0 Å². The van der Waals surface area contributed by atoms with Gasteiger partial charge in [0.2, 0.25) is 11.8 Å². The SMILES string of the molecule is CCC1=CC(=O)N(Cc2ccc(OC)cc2)C(C(=O)NC(C)(C)C)c2c1ccn2C. The molecule has 2 aromatic rings. The molecule has 160 valence electrons. The standard InChI is InChI=1S/C24H31N3O3/c1-7-17-14-20(28)27(15-16-8-10-18(30-6)11-9-16)22(23(29)25-24(2,3)4)21-19(17)12-13-26(21)5/h8-14,22H,7,15H2,1-6H3,(H,25,29). The fraction of sp³-hybridized carbons (Fsp3) is 0.417. The van der Waals surface area contributed by atoms with Crippen molar-refractivity contribution in [3.05, 3.63) is 59.4 Å². The number of hydrogen-bond acceptors (Lipinski definition) is 3. The second kappa shape index (κ2) is 8.38. The Labute approximate surface area is 178 Å². The zero-order chi connectivity index (χ0) is 22.1. The summed E-state index contributed by atoms with van der Waals surface area (Å²) in [6.45, 7) is 8.18. The van der Waals surface area contributed by atoms with Crippen LogP contribution in [0.5, 0.6) is 5.75 Å². The van der Waals surface area contributed by atoms with Gasteiger partial charge < -0.3 is 19.5 Å². The number of aryl methyl sites for hydroxylation is 1. The van der Waals surface area contributed by atoms with E-state index in [4.69, 9.17) is 4.74 Å². The Bertz CT molecular complexity index is 965. The number of rotatable bonds is 5. The molecule has 0 radical (unpaired) electrons. The Balaban J connectivity index is 2.10. The summed E-state index contributed by atoms with van der Waals surface area (Å²) in [4.78, 5) is 28.4. The number of fused-ring (bicyclic) bond motifs is 1. The second-order valence-corrected chi connectivity index (χ2v) is 8.70. The topological polar surface area (TPSA) is 63.6 Å². The Hall–Kier alpha value is -3.02. The van der Waals surface area contributed by atoms with Crippen LogP contribution in [-0.2, 0) is 23.2 Å². The van der Waals surface area contributed by atoms with Gasteiger partial charge in [0.1, 0.15) is 5.75 Å². The molecule has 2 amide bonds. The third-order valence-corrected chi connectivity index (χ3v) is 5.26. The maximum absolute atomic E-state index is 13.5. The normalized spacial score (nSPS) is 16.6. The molecule has 1 aliphatic heterocycles. The van der Waals surface area contributed by atoms with Gasteiger partial charge in [-0.2, -0.15) is 0 Å². The van der Waals surface area contributed by atoms with Crippen molar-refractivity contribution in [3.8, 4) is 5.75 Å². The van der Waals surface area contributed by atoms with E-state index in [1.165, 1.54) is 0 Å². The maximum Gasteiger partial charge on any atom is 0.249 e. The van der Waals surface area contributed by atoms with E-state index in [1.807, 2.05) is 75.8 Å². The first-order valence-electron chi connectivity index (χ1n) is 10.3. The number of methoxy groups -OCH3 is 1. The lowest BCUT2D eigenvalue weighted by Gasteiger charge is -2.33. The molecule has 0 bridgehead atoms. The van der Waals surface area contributed by atoms with Gasteiger partial charge >= 0.3 is 0 Å². The quantitative estimate of drug-likeness (QED) is 0.816. The van der Waals surface area contributed by atoms with Crippen molar-refractivity contribution in [2.24, 2.45) is 7.05 Å². The summed E-state index contributed by atoms with van der Waals surface area (Å²) < 4.78 is 7.19. The van der Waals surface area contributed by atoms with E-state index in [0.29, 0.717) is 13.0 Å². The van der Waals surface area contributed by atoms with Crippen LogP contribution in [0, 0.1) is 0 Å². The first kappa shape index (κ1) is 21.7. The fourth-order valence-corrected chi connectivity index (χ4v) is 3.83. The van der Waals surface area contributed by atoms with Crippen molar-refractivity contribution < 1.29 is 14.3 Å². The van der Waals surface area contributed by atoms with E-state index >= 15 is 0 Å². The Morgan fingerprint density at radius 1 is 1.17 bits per heavy atom. The van der Waals surface area contributed by atoms with E-state index in [0.717, 1.165) is 28.1 Å². The molecule has 1 unspecified atom stereocenters. The van der Waals surface area contributed by atoms with Crippen LogP contribution < -0.4 is 10.1 Å². The Morgan fingerprint density at radius 2 is 1.83 bits per heavy atom. The summed E-state index contributed by atoms with van der Waals surface area (Å²) in [5.74, 6) is 0.409. The molecule has 30 heavy (non-hydrogen) atoms. The third kappa shape index (κ3) is 4.42. The predicted molar refractivity (Wildman–Crippen MR) is 118 cm³/mol. The van der Waals surface area contributed by atoms with E-state index in [9.17, 15) is 9.59 Å². The zero-order valence-corrected chi connectivity index (χ0v) is 18.7. The number of carbonyl (C=O) groups excluding carboxylic acids is 2. The van der Waals surface area contributed by atoms with Crippen LogP contribution in [0.2, 0.25) is 0 Å². The molecular weight excluding hydrogens is 378 g/mol. The highest BCUT2D eigenvalue weighted by molar-refractivity contribution is 6.01. The monoisotopic (exact) mass is 409 g/mol. The van der Waals surface area contributed by atoms with Crippen molar-refractivity contribution in [1.82, 2.24) is 14.8 Å². The van der Waals surface area contributed by atoms with Crippen molar-refractivity contribution in [1.29, 1.82) is 0 Å². The number of ether oxygens (including phenoxy) is 1. The number of carbonyl (C=O) groups is 2. The fourth-order valence-electron chi connectivity index (χ4n) is 3.83. The van der Waals surface area contributed by atoms with Crippen LogP contribution in [0.25, 0.3) is 5.57 Å². The van der Waals surface area contributed by atoms with Crippen molar-refractivity contribution >= 4 is 17.4 Å². The van der Waals surface area contributed by atoms with Crippen LogP contribution in [0.15, 0.2) is 42.6 Å². The number of aromatic nitrogens is 1. The van der Waals surface area contributed by atoms with Crippen LogP contribution in [0.3, 0.4) is 0 Å². The molecule has 6 heteroatoms. The van der Waals surface area contributed by atoms with Gasteiger partial charge in [-0.1, -0.05) is 19.1 Å². The lowest BCUT2D eigenvalue weighted by Crippen LogP contribution is -2.49. The van der Waals surface area contributed by atoms with E-state index in [-0.39, 0.29) is 11.8 Å². The largest absolute Gasteiger partial charge is 0.497 e. The van der Waals surface area contributed by atoms with Gasteiger partial charge in [-0.05, 0) is 56.5 Å². The molecule has 1 atom stereocenters. The predicted octanol–water partition coefficient (Wildman–Crippen LogP) is 3.83. The summed E-state index contributed by atoms with van der Waals surface area (Å²) >= 11 is 0. The zero-order valence-electron chi connectivity index (χ0n) is 18.7. The van der Waals surface area contributed by atoms with Crippen molar-refractivity contribution in [2.75, 3.05) is 7.11 Å². The number of nitrogens with one attached hydrogen (secondary N) is 1. The third-order valence-electron chi connectivity index (χ3n) is 5.26. The molecule has 0 spiro atoms. The summed E-state index contributed by atoms with van der Waals surface area (Å²) in [6, 6.07) is 8.84. The highest BCUT2D eigenvalue weighted by Gasteiger charge is 2.38. The number of allylic oxidation sites excluding steroid dienone is 1. The van der Waals surface area contributed by atoms with Crippen LogP contribution >= 0.6 is 0 Å². The molecule has 2 heterocycles. The lowest BCUT2D eigenvalue weighted by molar-refractivity contribution is -0.139. The maximum atomic E-state index is 13.5. The van der Waals surface area contributed by atoms with Crippen molar-refractivity contribution in [3.63, 3.8) is 0 Å². The van der Waals surface area contributed by atoms with E-state index in [1.54, 1.807) is 18.1 Å². The molecule has 1 aliphatic rings. The van der Waals surface area contributed by atoms with Gasteiger partial charge in [-0.25, -0.2) is 0 Å². The van der Waals surface area contributed by atoms with E-state index < -0.39 is 11.6 Å². The molecule has 1 N–H and O–H groups in total. The lowest BCUT2D eigenvalue weighted by atomic mass is 9.99. The number of hydrogen-bond donors (Lipinski definition) is 1. The summed E-state index contributed by atoms with van der Waals surface area (Å²) in [6.07, 6.45) is 4.34. The average Bonchev–Trinajstić information content (AvgIpc) is 3.00. The van der Waals surface area contributed by atoms with Crippen molar-refractivity contribution in [2.45, 2.75) is 52.2 Å². The van der Waals surface area contributed by atoms with Gasteiger partial charge in [0, 0.05) is 37.0 Å². The summed E-state index contributed by atoms with van der Waals surface area (Å²) in [5, 5.41) is 3.07. The minimum absolute atomic E-state index is 0.159. The number of benzene rings is 1. The molecule has 0 fully saturated rings. The minimum Gasteiger partial charge on any atom is -0.497 e. The molecule has 3 rings (SSSR count). The highest BCUT2D eigenvalue weighted by Crippen LogP contribution is 2.36. The Morgan fingerprint density at radius 3 is 2.40 bits per heavy atom. The molecule has 0 saturated carbocycles. The van der Waals surface area contributed by atoms with Crippen LogP contribution in [0.4, 0.5) is 0 Å². The molecule has 1 aromatic carbocycles. The average molecular weight is 410 g/mol. The smallest absolute Gasteiger partial charge is 0.249 e. The van der Waals surface area contributed by atoms with Gasteiger partial charge in [0.25, 0.3) is 0 Å². The van der Waals surface area contributed by atoms with Crippen LogP contribution in [-0.4, -0.2) is 33.9 Å². The summed E-state index contributed by atoms with van der Waals surface area (Å²) in [5.41, 5.74) is 3.26. The minimum atomic E-state index is -0.728. The van der Waals surface area contributed by atoms with Gasteiger partial charge in [0.05, 0.1) is 12.8 Å². The number of amides is 2. The molecule has 0 saturated heterocycles. The molecular formula is C24H31N3O3. The summed E-state index contributed by atoms with van der Waals surface area (Å²) in [7, 11) is 3.54.